The Morgan fingerprint density at radius 1 is 1.12 bits per heavy atom. The first-order valence-corrected chi connectivity index (χ1v) is 11.5. The van der Waals surface area contributed by atoms with Gasteiger partial charge in [-0.2, -0.15) is 5.10 Å². The van der Waals surface area contributed by atoms with E-state index in [-0.39, 0.29) is 25.9 Å². The number of carbonyl (C=O) groups excluding carboxylic acids is 2. The molecule has 3 rings (SSSR count). The quantitative estimate of drug-likeness (QED) is 0.561. The minimum atomic E-state index is -4.35. The molecule has 0 N–H and O–H groups in total. The van der Waals surface area contributed by atoms with Crippen molar-refractivity contribution in [1.29, 1.82) is 0 Å². The molecule has 12 heteroatoms. The van der Waals surface area contributed by atoms with E-state index in [4.69, 9.17) is 0 Å². The standard InChI is InChI=1S/C20H23N5O6S/c1-11(2)14-10-18-16(9-15(14)17-7-8-21-22(17)5)19(28)24(20(29)23(18)12(3)26)25(13(4)27)32(6,30)31/h7-11H,1-6H3. The van der Waals surface area contributed by atoms with E-state index >= 15 is 0 Å². The fourth-order valence-corrected chi connectivity index (χ4v) is 4.59. The number of hydrogen-bond acceptors (Lipinski definition) is 7. The Balaban J connectivity index is 2.62. The van der Waals surface area contributed by atoms with Gasteiger partial charge in [0.05, 0.1) is 22.9 Å². The topological polar surface area (TPSA) is 133 Å². The predicted molar refractivity (Wildman–Crippen MR) is 119 cm³/mol. The van der Waals surface area contributed by atoms with Crippen molar-refractivity contribution in [1.82, 2.24) is 19.0 Å². The number of carbonyl (C=O) groups is 2. The van der Waals surface area contributed by atoms with Crippen LogP contribution in [0.2, 0.25) is 0 Å². The van der Waals surface area contributed by atoms with Crippen LogP contribution in [0.25, 0.3) is 22.2 Å². The second-order valence-electron chi connectivity index (χ2n) is 7.73. The van der Waals surface area contributed by atoms with Gasteiger partial charge in [-0.1, -0.05) is 13.8 Å². The van der Waals surface area contributed by atoms with Gasteiger partial charge in [0.25, 0.3) is 21.5 Å². The molecule has 0 spiro atoms. The summed E-state index contributed by atoms with van der Waals surface area (Å²) in [5.74, 6) is -1.87. The molecule has 0 fully saturated rings. The van der Waals surface area contributed by atoms with Crippen molar-refractivity contribution in [3.05, 3.63) is 50.8 Å². The zero-order valence-electron chi connectivity index (χ0n) is 18.5. The molecule has 0 aliphatic rings. The molecule has 0 aliphatic carbocycles. The highest BCUT2D eigenvalue weighted by Gasteiger charge is 2.29. The number of amides is 1. The van der Waals surface area contributed by atoms with Crippen molar-refractivity contribution in [3.63, 3.8) is 0 Å². The third kappa shape index (κ3) is 3.66. The largest absolute Gasteiger partial charge is 0.358 e. The van der Waals surface area contributed by atoms with Gasteiger partial charge in [-0.05, 0) is 29.7 Å². The summed E-state index contributed by atoms with van der Waals surface area (Å²) in [5.41, 5.74) is -0.220. The molecular weight excluding hydrogens is 438 g/mol. The zero-order valence-corrected chi connectivity index (χ0v) is 19.3. The monoisotopic (exact) mass is 461 g/mol. The predicted octanol–water partition coefficient (Wildman–Crippen LogP) is 0.791. The van der Waals surface area contributed by atoms with E-state index in [1.54, 1.807) is 30.1 Å². The Labute approximate surface area is 183 Å². The second-order valence-corrected chi connectivity index (χ2v) is 9.54. The molecule has 3 aromatic rings. The summed E-state index contributed by atoms with van der Waals surface area (Å²) in [6.07, 6.45) is 2.27. The van der Waals surface area contributed by atoms with Gasteiger partial charge in [0, 0.05) is 32.7 Å². The number of sulfonamides is 1. The molecule has 11 nitrogen and oxygen atoms in total. The Kier molecular flexibility index (Phi) is 5.68. The lowest BCUT2D eigenvalue weighted by Crippen LogP contribution is -2.57. The lowest BCUT2D eigenvalue weighted by molar-refractivity contribution is -0.116. The first kappa shape index (κ1) is 23.1. The van der Waals surface area contributed by atoms with Crippen LogP contribution in [-0.2, 0) is 21.9 Å². The molecule has 0 saturated carbocycles. The van der Waals surface area contributed by atoms with E-state index in [2.05, 4.69) is 5.10 Å². The number of benzene rings is 1. The number of rotatable bonds is 4. The molecule has 0 atom stereocenters. The van der Waals surface area contributed by atoms with Gasteiger partial charge in [-0.15, -0.1) is 9.09 Å². The first-order valence-electron chi connectivity index (χ1n) is 9.63. The molecule has 0 radical (unpaired) electrons. The van der Waals surface area contributed by atoms with E-state index in [1.165, 1.54) is 6.07 Å². The van der Waals surface area contributed by atoms with Crippen molar-refractivity contribution >= 4 is 32.7 Å². The summed E-state index contributed by atoms with van der Waals surface area (Å²) >= 11 is 0. The zero-order chi connectivity index (χ0) is 24.1. The van der Waals surface area contributed by atoms with E-state index < -0.39 is 33.1 Å². The number of nitrogens with zero attached hydrogens (tertiary/aromatic N) is 5. The fourth-order valence-electron chi connectivity index (χ4n) is 3.68. The minimum Gasteiger partial charge on any atom is -0.274 e. The normalized spacial score (nSPS) is 11.8. The van der Waals surface area contributed by atoms with Crippen LogP contribution in [0.4, 0.5) is 0 Å². The lowest BCUT2D eigenvalue weighted by atomic mass is 9.93. The number of aromatic nitrogens is 4. The van der Waals surface area contributed by atoms with E-state index in [1.807, 2.05) is 13.8 Å². The van der Waals surface area contributed by atoms with Gasteiger partial charge >= 0.3 is 5.69 Å². The van der Waals surface area contributed by atoms with Crippen molar-refractivity contribution in [3.8, 4) is 11.3 Å². The number of hydrogen-bond donors (Lipinski definition) is 0. The van der Waals surface area contributed by atoms with Crippen LogP contribution in [-0.4, -0.2) is 45.5 Å². The Bertz CT molecular complexity index is 1490. The van der Waals surface area contributed by atoms with E-state index in [0.29, 0.717) is 22.1 Å². The van der Waals surface area contributed by atoms with E-state index in [0.717, 1.165) is 19.4 Å². The summed E-state index contributed by atoms with van der Waals surface area (Å²) in [7, 11) is -2.63. The van der Waals surface area contributed by atoms with Crippen molar-refractivity contribution < 1.29 is 18.0 Å². The number of fused-ring (bicyclic) bond motifs is 1. The highest BCUT2D eigenvalue weighted by atomic mass is 32.2. The van der Waals surface area contributed by atoms with Crippen molar-refractivity contribution in [2.24, 2.45) is 7.05 Å². The minimum absolute atomic E-state index is 0.0235. The molecule has 0 unspecified atom stereocenters. The first-order chi connectivity index (χ1) is 14.8. The highest BCUT2D eigenvalue weighted by molar-refractivity contribution is 7.92. The van der Waals surface area contributed by atoms with Gasteiger partial charge in [-0.3, -0.25) is 19.1 Å². The Morgan fingerprint density at radius 3 is 2.19 bits per heavy atom. The molecule has 1 aromatic carbocycles. The lowest BCUT2D eigenvalue weighted by Gasteiger charge is -2.22. The highest BCUT2D eigenvalue weighted by Crippen LogP contribution is 2.31. The summed E-state index contributed by atoms with van der Waals surface area (Å²) in [5, 5.41) is 4.05. The maximum absolute atomic E-state index is 13.4. The fraction of sp³-hybridized carbons (Fsp3) is 0.350. The summed E-state index contributed by atoms with van der Waals surface area (Å²) < 4.78 is 27.0. The van der Waals surface area contributed by atoms with Crippen molar-refractivity contribution in [2.75, 3.05) is 10.7 Å². The molecule has 2 aromatic heterocycles. The van der Waals surface area contributed by atoms with Gasteiger partial charge in [0.1, 0.15) is 0 Å². The van der Waals surface area contributed by atoms with Crippen LogP contribution in [0.1, 0.15) is 44.0 Å². The average Bonchev–Trinajstić information content (AvgIpc) is 3.08. The van der Waals surface area contributed by atoms with Crippen LogP contribution in [0.15, 0.2) is 34.0 Å². The molecule has 0 aliphatic heterocycles. The molecule has 2 heterocycles. The SMILES string of the molecule is CC(=O)N(n1c(=O)c2cc(-c3ccnn3C)c(C(C)C)cc2n(C(C)=O)c1=O)S(C)(=O)=O. The van der Waals surface area contributed by atoms with Gasteiger partial charge in [0.2, 0.25) is 5.91 Å². The van der Waals surface area contributed by atoms with Crippen LogP contribution < -0.4 is 15.7 Å². The molecule has 32 heavy (non-hydrogen) atoms. The third-order valence-electron chi connectivity index (χ3n) is 5.00. The Hall–Kier alpha value is -3.54. The van der Waals surface area contributed by atoms with Crippen molar-refractivity contribution in [2.45, 2.75) is 33.6 Å². The van der Waals surface area contributed by atoms with E-state index in [9.17, 15) is 27.6 Å². The Morgan fingerprint density at radius 2 is 1.75 bits per heavy atom. The van der Waals surface area contributed by atoms with Crippen LogP contribution in [0.5, 0.6) is 0 Å². The summed E-state index contributed by atoms with van der Waals surface area (Å²) in [6, 6.07) is 4.79. The maximum atomic E-state index is 13.4. The average molecular weight is 462 g/mol. The van der Waals surface area contributed by atoms with Crippen LogP contribution in [0, 0.1) is 0 Å². The van der Waals surface area contributed by atoms with Gasteiger partial charge in [-0.25, -0.2) is 17.8 Å². The second kappa shape index (κ2) is 7.86. The van der Waals surface area contributed by atoms with Gasteiger partial charge < -0.3 is 0 Å². The van der Waals surface area contributed by atoms with Gasteiger partial charge in [0.15, 0.2) is 0 Å². The molecule has 170 valence electrons. The number of aryl methyl sites for hydroxylation is 1. The smallest absolute Gasteiger partial charge is 0.274 e. The summed E-state index contributed by atoms with van der Waals surface area (Å²) in [4.78, 5) is 51.0. The summed E-state index contributed by atoms with van der Waals surface area (Å²) in [6.45, 7) is 5.84. The van der Waals surface area contributed by atoms with Crippen LogP contribution >= 0.6 is 0 Å². The molecule has 1 amide bonds. The molecule has 0 saturated heterocycles. The van der Waals surface area contributed by atoms with Crippen LogP contribution in [0.3, 0.4) is 0 Å². The molecular formula is C20H23N5O6S. The molecule has 0 bridgehead atoms. The maximum Gasteiger partial charge on any atom is 0.358 e. The third-order valence-corrected chi connectivity index (χ3v) is 6.05.